The van der Waals surface area contributed by atoms with Gasteiger partial charge in [-0.25, -0.2) is 8.42 Å². The molecule has 0 fully saturated rings. The summed E-state index contributed by atoms with van der Waals surface area (Å²) in [4.78, 5) is 4.24. The van der Waals surface area contributed by atoms with Crippen molar-refractivity contribution in [1.29, 1.82) is 0 Å². The van der Waals surface area contributed by atoms with Gasteiger partial charge in [0, 0.05) is 67.5 Å². The van der Waals surface area contributed by atoms with E-state index in [4.69, 9.17) is 4.42 Å². The Labute approximate surface area is 323 Å². The Balaban J connectivity index is 1.35. The lowest BCUT2D eigenvalue weighted by atomic mass is 9.93. The van der Waals surface area contributed by atoms with Crippen LogP contribution in [-0.2, 0) is 10.1 Å². The molecule has 0 amide bonds. The first-order valence-electron chi connectivity index (χ1n) is 17.3. The van der Waals surface area contributed by atoms with Gasteiger partial charge in [0.15, 0.2) is 5.88 Å². The summed E-state index contributed by atoms with van der Waals surface area (Å²) in [5.41, 5.74) is 5.13. The number of nitrogens with zero attached hydrogens (tertiary/aromatic N) is 2. The highest BCUT2D eigenvalue weighted by atomic mass is 32.2. The number of anilines is 2. The van der Waals surface area contributed by atoms with Crippen LogP contribution in [0.4, 0.5) is 17.1 Å². The standard InChI is InChI=1S/C45H34N2O4S3/c48-54(49,50)44-24-14-13-23-41(44)45-39-27-25-35(46(33-15-5-1-6-16-33)31-52-37-19-9-3-10-20-37)29-42(39)51-43-30-36(26-28-40(43)45)47(34-17-7-2-8-18-34)32-53-38-21-11-4-12-22-38/h1-30H,31-32H2. The molecule has 8 rings (SSSR count). The lowest BCUT2D eigenvalue weighted by Crippen LogP contribution is -2.25. The molecule has 0 unspecified atom stereocenters. The molecule has 0 bridgehead atoms. The van der Waals surface area contributed by atoms with Crippen LogP contribution in [0.15, 0.2) is 201 Å². The van der Waals surface area contributed by atoms with E-state index in [1.54, 1.807) is 41.7 Å². The van der Waals surface area contributed by atoms with Crippen LogP contribution in [0, 0.1) is 0 Å². The maximum Gasteiger partial charge on any atom is 0.210 e. The highest BCUT2D eigenvalue weighted by Gasteiger charge is 2.23. The molecular formula is C45H34N2O4S3. The molecule has 1 heterocycles. The van der Waals surface area contributed by atoms with Gasteiger partial charge in [-0.3, -0.25) is 0 Å². The first-order valence-corrected chi connectivity index (χ1v) is 20.7. The van der Waals surface area contributed by atoms with Crippen LogP contribution in [0.3, 0.4) is 0 Å². The summed E-state index contributed by atoms with van der Waals surface area (Å²) in [6, 6.07) is 59.2. The summed E-state index contributed by atoms with van der Waals surface area (Å²) >= 11 is 3.45. The fourth-order valence-corrected chi connectivity index (χ4v) is 9.04. The zero-order chi connectivity index (χ0) is 36.9. The van der Waals surface area contributed by atoms with Crippen molar-refractivity contribution in [3.05, 3.63) is 187 Å². The van der Waals surface area contributed by atoms with E-state index in [1.165, 1.54) is 6.07 Å². The lowest BCUT2D eigenvalue weighted by molar-refractivity contribution is 0.463. The largest absolute Gasteiger partial charge is 0.744 e. The second-order valence-corrected chi connectivity index (χ2v) is 15.9. The number of para-hydroxylation sites is 2. The highest BCUT2D eigenvalue weighted by molar-refractivity contribution is 7.99. The second kappa shape index (κ2) is 15.8. The molecule has 0 spiro atoms. The van der Waals surface area contributed by atoms with E-state index in [1.807, 2.05) is 109 Å². The molecule has 6 aromatic rings. The Hall–Kier alpha value is -5.58. The Morgan fingerprint density at radius 2 is 1.20 bits per heavy atom. The summed E-state index contributed by atoms with van der Waals surface area (Å²) in [5.74, 6) is 1.82. The molecular weight excluding hydrogens is 729 g/mol. The number of benzene rings is 7. The number of fused-ring (bicyclic) bond motifs is 2. The van der Waals surface area contributed by atoms with Crippen molar-refractivity contribution in [3.8, 4) is 22.5 Å². The summed E-state index contributed by atoms with van der Waals surface area (Å²) < 4.78 is 47.1. The monoisotopic (exact) mass is 762 g/mol. The van der Waals surface area contributed by atoms with Gasteiger partial charge in [-0.05, 0) is 60.7 Å². The van der Waals surface area contributed by atoms with Crippen LogP contribution in [-0.4, -0.2) is 24.7 Å². The van der Waals surface area contributed by atoms with Crippen LogP contribution in [0.2, 0.25) is 0 Å². The van der Waals surface area contributed by atoms with E-state index >= 15 is 0 Å². The van der Waals surface area contributed by atoms with Gasteiger partial charge in [0.25, 0.3) is 0 Å². The van der Waals surface area contributed by atoms with Gasteiger partial charge in [0.05, 0.1) is 16.8 Å². The van der Waals surface area contributed by atoms with E-state index in [2.05, 4.69) is 58.0 Å². The summed E-state index contributed by atoms with van der Waals surface area (Å²) in [6.07, 6.45) is 0. The quantitative estimate of drug-likeness (QED) is 0.0427. The lowest BCUT2D eigenvalue weighted by Gasteiger charge is -2.25. The van der Waals surface area contributed by atoms with Gasteiger partial charge in [-0.2, -0.15) is 4.58 Å². The minimum Gasteiger partial charge on any atom is -0.744 e. The minimum absolute atomic E-state index is 0.276. The summed E-state index contributed by atoms with van der Waals surface area (Å²) in [6.45, 7) is 0. The molecule has 0 radical (unpaired) electrons. The highest BCUT2D eigenvalue weighted by Crippen LogP contribution is 2.43. The SMILES string of the molecule is O=S(=O)([O-])c1ccccc1-c1c2cc/c(=[N+](/CSc3ccccc3)c3ccccc3)cc-2oc2cc(N(CSc3ccccc3)c3ccccc3)ccc12. The normalized spacial score (nSPS) is 12.2. The molecule has 54 heavy (non-hydrogen) atoms. The maximum atomic E-state index is 12.7. The molecule has 1 aliphatic heterocycles. The van der Waals surface area contributed by atoms with Crippen molar-refractivity contribution >= 4 is 61.7 Å². The van der Waals surface area contributed by atoms with Crippen molar-refractivity contribution in [1.82, 2.24) is 4.58 Å². The fraction of sp³-hybridized carbons (Fsp3) is 0.0444. The molecule has 6 nitrogen and oxygen atoms in total. The third kappa shape index (κ3) is 7.71. The first kappa shape index (κ1) is 35.4. The number of hydrogen-bond acceptors (Lipinski definition) is 7. The van der Waals surface area contributed by atoms with E-state index in [0.717, 1.165) is 32.2 Å². The van der Waals surface area contributed by atoms with Gasteiger partial charge >= 0.3 is 0 Å². The summed E-state index contributed by atoms with van der Waals surface area (Å²) in [7, 11) is -4.80. The van der Waals surface area contributed by atoms with Crippen molar-refractivity contribution in [2.75, 3.05) is 16.7 Å². The molecule has 0 atom stereocenters. The van der Waals surface area contributed by atoms with Gasteiger partial charge in [0.2, 0.25) is 11.0 Å². The van der Waals surface area contributed by atoms with Gasteiger partial charge in [-0.15, -0.1) is 11.8 Å². The predicted octanol–water partition coefficient (Wildman–Crippen LogP) is 10.9. The minimum atomic E-state index is -4.80. The molecule has 1 aliphatic carbocycles. The van der Waals surface area contributed by atoms with Crippen LogP contribution in [0.5, 0.6) is 0 Å². The average molecular weight is 763 g/mol. The predicted molar refractivity (Wildman–Crippen MR) is 221 cm³/mol. The van der Waals surface area contributed by atoms with Crippen LogP contribution in [0.25, 0.3) is 33.4 Å². The van der Waals surface area contributed by atoms with Gasteiger partial charge in [0.1, 0.15) is 21.5 Å². The van der Waals surface area contributed by atoms with Crippen molar-refractivity contribution < 1.29 is 17.4 Å². The van der Waals surface area contributed by atoms with Gasteiger partial charge < -0.3 is 13.9 Å². The van der Waals surface area contributed by atoms with Crippen molar-refractivity contribution in [2.45, 2.75) is 14.7 Å². The van der Waals surface area contributed by atoms with Gasteiger partial charge in [-0.1, -0.05) is 103 Å². The van der Waals surface area contributed by atoms with E-state index < -0.39 is 10.1 Å². The molecule has 0 saturated carbocycles. The number of thioether (sulfide) groups is 2. The molecule has 2 aliphatic rings. The van der Waals surface area contributed by atoms with E-state index in [9.17, 15) is 13.0 Å². The van der Waals surface area contributed by atoms with E-state index in [0.29, 0.717) is 45.2 Å². The Morgan fingerprint density at radius 1 is 0.593 bits per heavy atom. The third-order valence-corrected chi connectivity index (χ3v) is 12.0. The summed E-state index contributed by atoms with van der Waals surface area (Å²) in [5, 5.41) is 1.59. The Morgan fingerprint density at radius 3 is 1.89 bits per heavy atom. The zero-order valence-electron chi connectivity index (χ0n) is 29.0. The zero-order valence-corrected chi connectivity index (χ0v) is 31.4. The topological polar surface area (TPSA) is 76.6 Å². The van der Waals surface area contributed by atoms with Crippen LogP contribution < -0.4 is 14.8 Å². The Kier molecular flexibility index (Phi) is 10.4. The van der Waals surface area contributed by atoms with Crippen molar-refractivity contribution in [3.63, 3.8) is 0 Å². The first-order chi connectivity index (χ1) is 26.4. The second-order valence-electron chi connectivity index (χ2n) is 12.5. The molecule has 0 aromatic heterocycles. The van der Waals surface area contributed by atoms with Crippen LogP contribution in [0.1, 0.15) is 0 Å². The number of hydrogen-bond donors (Lipinski definition) is 0. The molecule has 9 heteroatoms. The fourth-order valence-electron chi connectivity index (χ4n) is 6.51. The smallest absolute Gasteiger partial charge is 0.210 e. The third-order valence-electron chi connectivity index (χ3n) is 9.08. The Bertz CT molecular complexity index is 2690. The van der Waals surface area contributed by atoms with Crippen LogP contribution >= 0.6 is 23.5 Å². The molecule has 6 aromatic carbocycles. The molecule has 266 valence electrons. The van der Waals surface area contributed by atoms with E-state index in [-0.39, 0.29) is 4.90 Å². The average Bonchev–Trinajstić information content (AvgIpc) is 3.21. The molecule has 0 saturated heterocycles. The molecule has 0 N–H and O–H groups in total. The van der Waals surface area contributed by atoms with Crippen molar-refractivity contribution in [2.24, 2.45) is 0 Å². The maximum absolute atomic E-state index is 12.7. The number of rotatable bonds is 11.